The number of hydrogen-bond acceptors (Lipinski definition) is 24. The molecule has 0 aromatic heterocycles. The molecule has 16 amide bonds. The topological polar surface area (TPSA) is 548 Å². The molecule has 11 rings (SSSR count). The van der Waals surface area contributed by atoms with Crippen molar-refractivity contribution in [1.29, 1.82) is 0 Å². The van der Waals surface area contributed by atoms with Crippen LogP contribution in [0.1, 0.15) is 103 Å². The van der Waals surface area contributed by atoms with E-state index in [0.717, 1.165) is 24.5 Å². The normalized spacial score (nSPS) is 31.0. The lowest BCUT2D eigenvalue weighted by Crippen LogP contribution is -2.57. The highest BCUT2D eigenvalue weighted by Crippen LogP contribution is 2.32. The molecule has 108 heavy (non-hydrogen) atoms. The van der Waals surface area contributed by atoms with Crippen molar-refractivity contribution in [2.24, 2.45) is 0 Å². The Labute approximate surface area is 619 Å². The Morgan fingerprint density at radius 1 is 0.269 bits per heavy atom. The van der Waals surface area contributed by atoms with Crippen LogP contribution in [0.4, 0.5) is 0 Å². The van der Waals surface area contributed by atoms with Gasteiger partial charge >= 0.3 is 5.97 Å². The molecule has 594 valence electrons. The molecule has 17 atom stereocenters. The molecule has 0 aromatic rings. The first-order chi connectivity index (χ1) is 51.5. The summed E-state index contributed by atoms with van der Waals surface area (Å²) in [4.78, 5) is 243. The number of aliphatic hydroxyl groups excluding tert-OH is 6. The number of rotatable bonds is 23. The van der Waals surface area contributed by atoms with Gasteiger partial charge in [-0.1, -0.05) is 0 Å². The van der Waals surface area contributed by atoms with E-state index >= 15 is 0 Å². The fourth-order valence-corrected chi connectivity index (χ4v) is 17.2. The SMILES string of the molecule is O=C(O)CNC(=O)[C@@H]1C[C@@H](O)CN1C(=O)[C@@H]1CCCN1C(=O)CNC(=O)[C@@H]1C[C@@H](O)CN1C(=O)[C@@H]1CCCN1C(=O)CNC(=O)[C@@H]1C[C@@H](O)CN1C(=O)[C@@H]1CCCN1C(=O)CNC(=O)[C@@H]1C[C@@H](O)CN1C(=O)[C@@H]1CCCN1C(=O)CNC(=O)[C@@H]1C[C@@H](O)CN1C(=O)[C@@H]1CCCN1C(=O)CNC(=O)[C@@H]1C[C@@H](O)CN1. The number of carbonyl (C=O) groups is 17. The number of aliphatic carboxylic acids is 1. The average Bonchev–Trinajstić information content (AvgIpc) is 1.64. The largest absolute Gasteiger partial charge is 0.480 e. The van der Waals surface area contributed by atoms with Crippen LogP contribution in [0.3, 0.4) is 0 Å². The van der Waals surface area contributed by atoms with Crippen molar-refractivity contribution >= 4 is 100 Å². The highest BCUT2D eigenvalue weighted by Gasteiger charge is 2.52. The highest BCUT2D eigenvalue weighted by atomic mass is 16.4. The molecule has 11 fully saturated rings. The van der Waals surface area contributed by atoms with E-state index in [1.165, 1.54) is 24.5 Å². The first-order valence-electron chi connectivity index (χ1n) is 37.2. The van der Waals surface area contributed by atoms with Gasteiger partial charge in [-0.3, -0.25) is 81.5 Å². The van der Waals surface area contributed by atoms with Gasteiger partial charge in [0.15, 0.2) is 0 Å². The number of carbonyl (C=O) groups excluding carboxylic acids is 16. The molecular formula is C67H97N17O24. The van der Waals surface area contributed by atoms with Crippen LogP contribution in [0, 0.1) is 0 Å². The summed E-state index contributed by atoms with van der Waals surface area (Å²) in [7, 11) is 0. The van der Waals surface area contributed by atoms with Crippen molar-refractivity contribution < 1.29 is 117 Å². The monoisotopic (exact) mass is 1520 g/mol. The maximum absolute atomic E-state index is 14.4. The Morgan fingerprint density at radius 2 is 0.481 bits per heavy atom. The maximum atomic E-state index is 14.4. The van der Waals surface area contributed by atoms with Gasteiger partial charge in [0, 0.05) is 104 Å². The zero-order valence-electron chi connectivity index (χ0n) is 59.7. The first kappa shape index (κ1) is 79.7. The quantitative estimate of drug-likeness (QED) is 0.0452. The molecule has 0 aliphatic carbocycles. The van der Waals surface area contributed by atoms with E-state index in [2.05, 4.69) is 37.2 Å². The lowest BCUT2D eigenvalue weighted by atomic mass is 10.1. The molecule has 41 heteroatoms. The van der Waals surface area contributed by atoms with Crippen LogP contribution in [0.15, 0.2) is 0 Å². The molecule has 11 saturated heterocycles. The summed E-state index contributed by atoms with van der Waals surface area (Å²) in [5.74, 6) is -12.5. The number of aliphatic hydroxyl groups is 6. The molecule has 14 N–H and O–H groups in total. The molecule has 0 bridgehead atoms. The molecule has 11 aliphatic rings. The zero-order chi connectivity index (χ0) is 77.7. The second-order valence-electron chi connectivity index (χ2n) is 29.8. The van der Waals surface area contributed by atoms with E-state index in [9.17, 15) is 112 Å². The van der Waals surface area contributed by atoms with E-state index in [-0.39, 0.29) is 143 Å². The van der Waals surface area contributed by atoms with E-state index in [1.807, 2.05) is 0 Å². The Morgan fingerprint density at radius 3 is 0.685 bits per heavy atom. The van der Waals surface area contributed by atoms with Crippen molar-refractivity contribution in [1.82, 2.24) is 86.2 Å². The van der Waals surface area contributed by atoms with Crippen LogP contribution >= 0.6 is 0 Å². The van der Waals surface area contributed by atoms with E-state index in [0.29, 0.717) is 32.1 Å². The summed E-state index contributed by atoms with van der Waals surface area (Å²) in [6.45, 7) is -4.38. The minimum Gasteiger partial charge on any atom is -0.480 e. The fourth-order valence-electron chi connectivity index (χ4n) is 17.2. The summed E-state index contributed by atoms with van der Waals surface area (Å²) in [6.07, 6.45) is -4.58. The van der Waals surface area contributed by atoms with Gasteiger partial charge in [-0.05, 0) is 70.6 Å². The van der Waals surface area contributed by atoms with Crippen LogP contribution in [0.5, 0.6) is 0 Å². The van der Waals surface area contributed by atoms with Crippen molar-refractivity contribution in [3.05, 3.63) is 0 Å². The first-order valence-corrected chi connectivity index (χ1v) is 37.2. The van der Waals surface area contributed by atoms with Gasteiger partial charge in [0.05, 0.1) is 75.4 Å². The molecule has 0 saturated carbocycles. The standard InChI is InChI=1S/C67H97N17O24/c85-34-16-40(68-22-34)57(98)69-23-51(91)75-11-1-6-41(75)63(104)80-29-35(86)17-46(80)58(99)70-24-52(92)76-12-2-7-42(76)64(105)81-30-36(87)18-47(81)59(100)71-25-53(93)77-13-3-8-43(77)65(106)82-31-37(88)19-48(82)60(101)72-26-54(94)78-14-4-9-44(78)66(107)83-32-38(89)20-49(83)61(102)73-27-55(95)79-15-5-10-45(79)67(108)84-33-39(90)21-50(84)62(103)74-28-56(96)97/h34-50,68,85-90H,1-33H2,(H,69,98)(H,70,99)(H,71,100)(H,72,101)(H,73,102)(H,74,103)(H,96,97)/t34-,35-,36-,37-,38-,39-,40+,41+,42+,43+,44+,45+,46+,47+,48+,49+,50+/m1/s1. The third kappa shape index (κ3) is 17.7. The molecular weight excluding hydrogens is 1430 g/mol. The van der Waals surface area contributed by atoms with Crippen molar-refractivity contribution in [2.75, 3.05) is 111 Å². The van der Waals surface area contributed by atoms with Crippen LogP contribution in [0.25, 0.3) is 0 Å². The summed E-state index contributed by atoms with van der Waals surface area (Å²) >= 11 is 0. The van der Waals surface area contributed by atoms with Gasteiger partial charge in [-0.15, -0.1) is 0 Å². The summed E-state index contributed by atoms with van der Waals surface area (Å²) in [5, 5.41) is 89.9. The Bertz CT molecular complexity index is 3550. The highest BCUT2D eigenvalue weighted by molar-refractivity contribution is 6.01. The van der Waals surface area contributed by atoms with E-state index in [4.69, 9.17) is 5.11 Å². The van der Waals surface area contributed by atoms with E-state index in [1.54, 1.807) is 0 Å². The van der Waals surface area contributed by atoms with Gasteiger partial charge in [0.2, 0.25) is 94.5 Å². The summed E-state index contributed by atoms with van der Waals surface area (Å²) in [6, 6.07) is -12.5. The average molecular weight is 1520 g/mol. The zero-order valence-corrected chi connectivity index (χ0v) is 59.7. The van der Waals surface area contributed by atoms with Crippen molar-refractivity contribution in [2.45, 2.75) is 206 Å². The number of amides is 16. The van der Waals surface area contributed by atoms with Crippen LogP contribution in [-0.4, -0.2) is 400 Å². The predicted octanol–water partition coefficient (Wildman–Crippen LogP) is -11.7. The maximum Gasteiger partial charge on any atom is 0.322 e. The molecule has 0 spiro atoms. The summed E-state index contributed by atoms with van der Waals surface area (Å²) < 4.78 is 0. The minimum absolute atomic E-state index is 0.0559. The van der Waals surface area contributed by atoms with Crippen LogP contribution in [0.2, 0.25) is 0 Å². The number of carboxylic acids is 1. The lowest BCUT2D eigenvalue weighted by molar-refractivity contribution is -0.148. The molecule has 41 nitrogen and oxygen atoms in total. The summed E-state index contributed by atoms with van der Waals surface area (Å²) in [5.41, 5.74) is 0. The molecule has 11 aliphatic heterocycles. The minimum atomic E-state index is -1.32. The van der Waals surface area contributed by atoms with Gasteiger partial charge in [-0.2, -0.15) is 0 Å². The third-order valence-corrected chi connectivity index (χ3v) is 22.5. The van der Waals surface area contributed by atoms with Gasteiger partial charge in [0.1, 0.15) is 67.0 Å². The Kier molecular flexibility index (Phi) is 25.5. The molecule has 0 aromatic carbocycles. The van der Waals surface area contributed by atoms with Gasteiger partial charge < -0.3 is 122 Å². The Hall–Kier alpha value is -9.29. The number of nitrogens with zero attached hydrogens (tertiary/aromatic N) is 10. The smallest absolute Gasteiger partial charge is 0.322 e. The number of likely N-dealkylation sites (tertiary alicyclic amines) is 10. The number of hydrogen-bond donors (Lipinski definition) is 14. The predicted molar refractivity (Wildman–Crippen MR) is 362 cm³/mol. The number of β-amino-alcohol motifs (C(OH)–C–C–N with tert-alkyl or cyclic N) is 6. The number of nitrogens with one attached hydrogen (secondary N) is 7. The van der Waals surface area contributed by atoms with Crippen LogP contribution < -0.4 is 37.2 Å². The fraction of sp³-hybridized carbons (Fsp3) is 0.746. The molecule has 0 radical (unpaired) electrons. The Balaban J connectivity index is 0.623. The second kappa shape index (κ2) is 34.5. The number of carboxylic acid groups (broad SMARTS) is 1. The molecule has 0 unspecified atom stereocenters. The van der Waals surface area contributed by atoms with Gasteiger partial charge in [-0.25, -0.2) is 0 Å². The van der Waals surface area contributed by atoms with Crippen LogP contribution in [-0.2, 0) is 81.5 Å². The van der Waals surface area contributed by atoms with Gasteiger partial charge in [0.25, 0.3) is 0 Å². The molecule has 11 heterocycles. The lowest BCUT2D eigenvalue weighted by Gasteiger charge is -2.32. The second-order valence-corrected chi connectivity index (χ2v) is 29.8. The van der Waals surface area contributed by atoms with E-state index < -0.39 is 243 Å². The van der Waals surface area contributed by atoms with Crippen molar-refractivity contribution in [3.63, 3.8) is 0 Å². The van der Waals surface area contributed by atoms with Crippen molar-refractivity contribution in [3.8, 4) is 0 Å². The third-order valence-electron chi connectivity index (χ3n) is 22.5.